The second-order valence-corrected chi connectivity index (χ2v) is 7.45. The number of carbonyl (C=O) groups excluding carboxylic acids is 1. The molecule has 3 atom stereocenters. The van der Waals surface area contributed by atoms with Gasteiger partial charge < -0.3 is 15.1 Å². The molecule has 1 saturated heterocycles. The fourth-order valence-electron chi connectivity index (χ4n) is 3.17. The van der Waals surface area contributed by atoms with Gasteiger partial charge in [0.15, 0.2) is 0 Å². The van der Waals surface area contributed by atoms with E-state index in [9.17, 15) is 15.0 Å². The molecule has 1 aromatic carbocycles. The average Bonchev–Trinajstić information content (AvgIpc) is 2.84. The highest BCUT2D eigenvalue weighted by Crippen LogP contribution is 2.21. The van der Waals surface area contributed by atoms with Gasteiger partial charge in [0.25, 0.3) is 5.91 Å². The third-order valence-electron chi connectivity index (χ3n) is 4.77. The Morgan fingerprint density at radius 3 is 2.42 bits per heavy atom. The van der Waals surface area contributed by atoms with E-state index in [1.165, 1.54) is 0 Å². The molecule has 2 N–H and O–H groups in total. The Morgan fingerprint density at radius 1 is 1.33 bits per heavy atom. The number of rotatable bonds is 5. The van der Waals surface area contributed by atoms with Crippen molar-refractivity contribution in [3.8, 4) is 0 Å². The highest BCUT2D eigenvalue weighted by molar-refractivity contribution is 6.31. The number of carbonyl (C=O) groups is 1. The maximum absolute atomic E-state index is 12.8. The molecule has 0 radical (unpaired) electrons. The number of benzene rings is 1. The number of likely N-dealkylation sites (tertiary alicyclic amines) is 1. The van der Waals surface area contributed by atoms with E-state index < -0.39 is 12.2 Å². The number of nitrogens with zero attached hydrogens (tertiary/aromatic N) is 2. The second-order valence-electron chi connectivity index (χ2n) is 7.04. The summed E-state index contributed by atoms with van der Waals surface area (Å²) in [6.07, 6.45) is -1.42. The average molecular weight is 355 g/mol. The molecule has 0 saturated carbocycles. The predicted molar refractivity (Wildman–Crippen MR) is 95.4 cm³/mol. The Bertz CT molecular complexity index is 584. The van der Waals surface area contributed by atoms with Crippen molar-refractivity contribution in [1.82, 2.24) is 9.80 Å². The number of aliphatic hydroxyl groups is 2. The molecule has 0 spiro atoms. The van der Waals surface area contributed by atoms with Gasteiger partial charge in [-0.3, -0.25) is 9.69 Å². The van der Waals surface area contributed by atoms with Gasteiger partial charge in [0.1, 0.15) is 0 Å². The first kappa shape index (κ1) is 19.2. The zero-order valence-electron chi connectivity index (χ0n) is 14.7. The van der Waals surface area contributed by atoms with Crippen LogP contribution in [-0.2, 0) is 0 Å². The van der Waals surface area contributed by atoms with E-state index in [4.69, 9.17) is 11.6 Å². The van der Waals surface area contributed by atoms with Crippen LogP contribution in [0.1, 0.15) is 29.8 Å². The van der Waals surface area contributed by atoms with Crippen LogP contribution in [0.25, 0.3) is 0 Å². The molecule has 1 fully saturated rings. The maximum atomic E-state index is 12.8. The lowest BCUT2D eigenvalue weighted by atomic mass is 10.0. The van der Waals surface area contributed by atoms with Crippen LogP contribution in [0.5, 0.6) is 0 Å². The van der Waals surface area contributed by atoms with E-state index in [-0.39, 0.29) is 17.9 Å². The Hall–Kier alpha value is -1.14. The zero-order chi connectivity index (χ0) is 18.0. The lowest BCUT2D eigenvalue weighted by Crippen LogP contribution is -2.47. The number of halogens is 1. The molecule has 0 bridgehead atoms. The van der Waals surface area contributed by atoms with Crippen molar-refractivity contribution in [3.63, 3.8) is 0 Å². The lowest BCUT2D eigenvalue weighted by Gasteiger charge is -2.34. The van der Waals surface area contributed by atoms with Gasteiger partial charge in [-0.1, -0.05) is 25.4 Å². The molecular formula is C18H27ClN2O3. The lowest BCUT2D eigenvalue weighted by molar-refractivity contribution is 0.0572. The Morgan fingerprint density at radius 2 is 1.92 bits per heavy atom. The summed E-state index contributed by atoms with van der Waals surface area (Å²) in [4.78, 5) is 16.6. The first-order valence-corrected chi connectivity index (χ1v) is 8.70. The minimum atomic E-state index is -0.710. The Balaban J connectivity index is 2.11. The van der Waals surface area contributed by atoms with Gasteiger partial charge >= 0.3 is 0 Å². The number of hydrogen-bond acceptors (Lipinski definition) is 4. The minimum absolute atomic E-state index is 0.00835. The molecule has 2 rings (SSSR count). The van der Waals surface area contributed by atoms with Gasteiger partial charge in [0, 0.05) is 43.3 Å². The molecule has 1 aliphatic rings. The van der Waals surface area contributed by atoms with Crippen LogP contribution < -0.4 is 0 Å². The first-order chi connectivity index (χ1) is 11.2. The van der Waals surface area contributed by atoms with Crippen LogP contribution in [0.3, 0.4) is 0 Å². The van der Waals surface area contributed by atoms with Gasteiger partial charge in [0.2, 0.25) is 0 Å². The number of aliphatic hydroxyl groups excluding tert-OH is 2. The minimum Gasteiger partial charge on any atom is -0.389 e. The normalized spacial score (nSPS) is 22.8. The molecule has 1 amide bonds. The van der Waals surface area contributed by atoms with E-state index in [1.54, 1.807) is 24.1 Å². The van der Waals surface area contributed by atoms with Gasteiger partial charge in [-0.25, -0.2) is 0 Å². The summed E-state index contributed by atoms with van der Waals surface area (Å²) < 4.78 is 0. The van der Waals surface area contributed by atoms with E-state index in [2.05, 4.69) is 13.8 Å². The van der Waals surface area contributed by atoms with Crippen LogP contribution >= 0.6 is 11.6 Å². The molecule has 5 nitrogen and oxygen atoms in total. The summed E-state index contributed by atoms with van der Waals surface area (Å²) in [5, 5.41) is 20.1. The van der Waals surface area contributed by atoms with Crippen LogP contribution in [0, 0.1) is 12.8 Å². The van der Waals surface area contributed by atoms with Crippen LogP contribution in [0.4, 0.5) is 0 Å². The largest absolute Gasteiger partial charge is 0.389 e. The number of aryl methyl sites for hydroxylation is 1. The molecule has 24 heavy (non-hydrogen) atoms. The molecule has 1 aromatic rings. The summed E-state index contributed by atoms with van der Waals surface area (Å²) >= 11 is 6.04. The van der Waals surface area contributed by atoms with E-state index in [0.29, 0.717) is 30.2 Å². The molecule has 1 heterocycles. The van der Waals surface area contributed by atoms with Gasteiger partial charge in [-0.2, -0.15) is 0 Å². The quantitative estimate of drug-likeness (QED) is 0.846. The standard InChI is InChI=1S/C18H27ClN2O3/c1-11(2)15(8-21-9-16(22)17(23)10-21)20(4)18(24)13-5-6-14(19)12(3)7-13/h5-7,11,15-17,22-23H,8-10H2,1-4H3/t15-,16+,17+/m1/s1. The van der Waals surface area contributed by atoms with Crippen LogP contribution in [0.2, 0.25) is 5.02 Å². The smallest absolute Gasteiger partial charge is 0.253 e. The fourth-order valence-corrected chi connectivity index (χ4v) is 3.29. The van der Waals surface area contributed by atoms with Crippen molar-refractivity contribution < 1.29 is 15.0 Å². The van der Waals surface area contributed by atoms with Crippen molar-refractivity contribution in [3.05, 3.63) is 34.3 Å². The summed E-state index contributed by atoms with van der Waals surface area (Å²) in [6.45, 7) is 7.53. The van der Waals surface area contributed by atoms with Crippen LogP contribution in [0.15, 0.2) is 18.2 Å². The highest BCUT2D eigenvalue weighted by atomic mass is 35.5. The predicted octanol–water partition coefficient (Wildman–Crippen LogP) is 1.78. The molecule has 0 aliphatic carbocycles. The fraction of sp³-hybridized carbons (Fsp3) is 0.611. The van der Waals surface area contributed by atoms with Crippen molar-refractivity contribution >= 4 is 17.5 Å². The first-order valence-electron chi connectivity index (χ1n) is 8.32. The van der Waals surface area contributed by atoms with E-state index in [0.717, 1.165) is 5.56 Å². The number of likely N-dealkylation sites (N-methyl/N-ethyl adjacent to an activating group) is 1. The Kier molecular flexibility index (Phi) is 6.26. The molecule has 1 aliphatic heterocycles. The molecule has 0 aromatic heterocycles. The third-order valence-corrected chi connectivity index (χ3v) is 5.20. The summed E-state index contributed by atoms with van der Waals surface area (Å²) in [7, 11) is 1.81. The maximum Gasteiger partial charge on any atom is 0.253 e. The topological polar surface area (TPSA) is 64.0 Å². The van der Waals surface area contributed by atoms with E-state index in [1.807, 2.05) is 17.9 Å². The Labute approximate surface area is 148 Å². The molecule has 6 heteroatoms. The summed E-state index contributed by atoms with van der Waals surface area (Å²) in [5.41, 5.74) is 1.49. The number of amides is 1. The monoisotopic (exact) mass is 354 g/mol. The van der Waals surface area contributed by atoms with Gasteiger partial charge in [-0.15, -0.1) is 0 Å². The van der Waals surface area contributed by atoms with E-state index >= 15 is 0 Å². The summed E-state index contributed by atoms with van der Waals surface area (Å²) in [5.74, 6) is 0.205. The van der Waals surface area contributed by atoms with Crippen molar-refractivity contribution in [2.24, 2.45) is 5.92 Å². The van der Waals surface area contributed by atoms with Gasteiger partial charge in [0.05, 0.1) is 12.2 Å². The molecular weight excluding hydrogens is 328 g/mol. The number of β-amino-alcohol motifs (C(OH)–C–C–N with tert-alkyl or cyclic N) is 2. The molecule has 134 valence electrons. The van der Waals surface area contributed by atoms with Crippen LogP contribution in [-0.4, -0.2) is 70.9 Å². The molecule has 0 unspecified atom stereocenters. The number of hydrogen-bond donors (Lipinski definition) is 2. The van der Waals surface area contributed by atoms with Gasteiger partial charge in [-0.05, 0) is 36.6 Å². The third kappa shape index (κ3) is 4.28. The zero-order valence-corrected chi connectivity index (χ0v) is 15.5. The second kappa shape index (κ2) is 7.83. The summed E-state index contributed by atoms with van der Waals surface area (Å²) in [6, 6.07) is 5.29. The van der Waals surface area contributed by atoms with Crippen molar-refractivity contribution in [2.45, 2.75) is 39.0 Å². The van der Waals surface area contributed by atoms with Crippen molar-refractivity contribution in [2.75, 3.05) is 26.7 Å². The highest BCUT2D eigenvalue weighted by Gasteiger charge is 2.33. The van der Waals surface area contributed by atoms with Crippen molar-refractivity contribution in [1.29, 1.82) is 0 Å². The SMILES string of the molecule is Cc1cc(C(=O)N(C)[C@H](CN2C[C@H](O)[C@@H](O)C2)C(C)C)ccc1Cl.